The Bertz CT molecular complexity index is 2000. The highest BCUT2D eigenvalue weighted by molar-refractivity contribution is 6.05. The van der Waals surface area contributed by atoms with Gasteiger partial charge < -0.3 is 15.4 Å². The second-order valence-corrected chi connectivity index (χ2v) is 13.7. The number of alkyl halides is 3. The van der Waals surface area contributed by atoms with Crippen molar-refractivity contribution in [3.05, 3.63) is 125 Å². The lowest BCUT2D eigenvalue weighted by Gasteiger charge is -2.47. The third kappa shape index (κ3) is 6.85. The molecule has 3 aliphatic heterocycles. The van der Waals surface area contributed by atoms with Crippen molar-refractivity contribution < 1.29 is 32.3 Å². The van der Waals surface area contributed by atoms with Gasteiger partial charge in [-0.05, 0) is 54.8 Å². The zero-order chi connectivity index (χ0) is 36.6. The predicted octanol–water partition coefficient (Wildman–Crippen LogP) is 5.08. The highest BCUT2D eigenvalue weighted by Crippen LogP contribution is 2.42. The molecule has 0 bridgehead atoms. The number of rotatable bonds is 10. The van der Waals surface area contributed by atoms with Gasteiger partial charge in [0.1, 0.15) is 11.9 Å². The summed E-state index contributed by atoms with van der Waals surface area (Å²) in [6.07, 6.45) is -1.96. The van der Waals surface area contributed by atoms with E-state index >= 15 is 0 Å². The van der Waals surface area contributed by atoms with Crippen LogP contribution in [0.3, 0.4) is 0 Å². The second-order valence-electron chi connectivity index (χ2n) is 13.7. The van der Waals surface area contributed by atoms with Gasteiger partial charge in [-0.15, -0.1) is 0 Å². The molecule has 0 saturated carbocycles. The highest BCUT2D eigenvalue weighted by Gasteiger charge is 2.46. The van der Waals surface area contributed by atoms with Crippen LogP contribution in [0.5, 0.6) is 0 Å². The Morgan fingerprint density at radius 3 is 2.52 bits per heavy atom. The molecule has 2 N–H and O–H groups in total. The maximum absolute atomic E-state index is 14.4. The minimum atomic E-state index is -4.65. The predicted molar refractivity (Wildman–Crippen MR) is 188 cm³/mol. The summed E-state index contributed by atoms with van der Waals surface area (Å²) in [7, 11) is 0. The molecule has 3 aliphatic rings. The molecule has 4 aromatic rings. The monoisotopic (exact) mass is 712 g/mol. The first-order valence-electron chi connectivity index (χ1n) is 17.2. The molecule has 3 aromatic carbocycles. The quantitative estimate of drug-likeness (QED) is 0.222. The molecular formula is C39H39F3N6O4. The summed E-state index contributed by atoms with van der Waals surface area (Å²) in [5, 5.41) is 10.4. The third-order valence-corrected chi connectivity index (χ3v) is 10.1. The topological polar surface area (TPSA) is 109 Å². The van der Waals surface area contributed by atoms with Crippen LogP contribution in [0.15, 0.2) is 97.2 Å². The Hall–Kier alpha value is -5.27. The van der Waals surface area contributed by atoms with Crippen LogP contribution in [0.4, 0.5) is 19.0 Å². The normalized spacial score (nSPS) is 19.6. The molecule has 7 rings (SSSR count). The van der Waals surface area contributed by atoms with Crippen LogP contribution in [0.2, 0.25) is 0 Å². The average molecular weight is 713 g/mol. The van der Waals surface area contributed by atoms with E-state index in [2.05, 4.69) is 27.2 Å². The number of hydrogen-bond donors (Lipinski definition) is 2. The Kier molecular flexibility index (Phi) is 9.49. The fraction of sp³-hybridized carbons (Fsp3) is 0.333. The standard InChI is InChI=1S/C39H39F3N6O4/c1-3-47-36-31(20-44-48(36)30-13-5-4-6-14-30)32(33(37(47)51)45-35(50)28-11-8-12-29(18-28)39(40,41)42)27-10-7-9-26(17-27)19-43-34(49)25(2)21-46-22-38(23-46)15-16-52-24-38/h4-14,17-18,20,32-33H,2-3,15-16,19,21-24H2,1H3,(H,43,49)(H,45,50)/t32-,33+/m1/s1. The molecule has 0 radical (unpaired) electrons. The van der Waals surface area contributed by atoms with Gasteiger partial charge in [-0.3, -0.25) is 24.2 Å². The van der Waals surface area contributed by atoms with E-state index in [-0.39, 0.29) is 30.0 Å². The van der Waals surface area contributed by atoms with E-state index in [1.165, 1.54) is 11.0 Å². The second kappa shape index (κ2) is 14.0. The maximum Gasteiger partial charge on any atom is 0.416 e. The number of carbonyl (C=O) groups excluding carboxylic acids is 3. The summed E-state index contributed by atoms with van der Waals surface area (Å²) < 4.78 is 47.8. The van der Waals surface area contributed by atoms with Gasteiger partial charge in [0, 0.05) is 67.4 Å². The van der Waals surface area contributed by atoms with E-state index in [1.807, 2.05) is 48.5 Å². The number of fused-ring (bicyclic) bond motifs is 1. The maximum atomic E-state index is 14.4. The van der Waals surface area contributed by atoms with E-state index in [9.17, 15) is 27.6 Å². The SMILES string of the molecule is C=C(CN1CC2(CCOC2)C1)C(=O)NCc1cccc([C@@H]2c3cnn(-c4ccccc4)c3N(CC)C(=O)[C@H]2NC(=O)c2cccc(C(F)(F)F)c2)c1. The van der Waals surface area contributed by atoms with Gasteiger partial charge in [0.2, 0.25) is 5.91 Å². The minimum absolute atomic E-state index is 0.183. The summed E-state index contributed by atoms with van der Waals surface area (Å²) in [5.74, 6) is -1.76. The molecule has 2 atom stereocenters. The Labute approximate surface area is 299 Å². The lowest BCUT2D eigenvalue weighted by molar-refractivity contribution is -0.137. The number of anilines is 1. The first kappa shape index (κ1) is 35.1. The van der Waals surface area contributed by atoms with Crippen LogP contribution >= 0.6 is 0 Å². The van der Waals surface area contributed by atoms with E-state index in [0.29, 0.717) is 29.1 Å². The number of nitrogens with zero attached hydrogens (tertiary/aromatic N) is 4. The molecule has 0 unspecified atom stereocenters. The van der Waals surface area contributed by atoms with Gasteiger partial charge >= 0.3 is 6.18 Å². The zero-order valence-electron chi connectivity index (χ0n) is 28.7. The van der Waals surface area contributed by atoms with E-state index in [4.69, 9.17) is 4.74 Å². The van der Waals surface area contributed by atoms with Gasteiger partial charge in [-0.2, -0.15) is 18.3 Å². The van der Waals surface area contributed by atoms with Crippen molar-refractivity contribution in [1.29, 1.82) is 0 Å². The molecule has 270 valence electrons. The minimum Gasteiger partial charge on any atom is -0.381 e. The number of amides is 3. The lowest BCUT2D eigenvalue weighted by Crippen LogP contribution is -2.57. The number of para-hydroxylation sites is 1. The molecule has 2 saturated heterocycles. The zero-order valence-corrected chi connectivity index (χ0v) is 28.7. The molecule has 1 aromatic heterocycles. The molecule has 4 heterocycles. The summed E-state index contributed by atoms with van der Waals surface area (Å²) in [4.78, 5) is 44.7. The number of ether oxygens (including phenoxy) is 1. The number of likely N-dealkylation sites (N-methyl/N-ethyl adjacent to an activating group) is 1. The molecule has 2 fully saturated rings. The number of nitrogens with one attached hydrogen (secondary N) is 2. The van der Waals surface area contributed by atoms with Gasteiger partial charge in [0.25, 0.3) is 11.8 Å². The first-order chi connectivity index (χ1) is 25.0. The Morgan fingerprint density at radius 1 is 1.04 bits per heavy atom. The van der Waals surface area contributed by atoms with Crippen LogP contribution in [0.1, 0.15) is 51.9 Å². The number of likely N-dealkylation sites (tertiary alicyclic amines) is 1. The van der Waals surface area contributed by atoms with E-state index in [0.717, 1.165) is 62.2 Å². The molecule has 0 aliphatic carbocycles. The van der Waals surface area contributed by atoms with E-state index < -0.39 is 35.5 Å². The molecule has 1 spiro atoms. The van der Waals surface area contributed by atoms with Crippen molar-refractivity contribution in [3.8, 4) is 5.69 Å². The number of aromatic nitrogens is 2. The Morgan fingerprint density at radius 2 is 1.81 bits per heavy atom. The number of halogens is 3. The highest BCUT2D eigenvalue weighted by atomic mass is 19.4. The van der Waals surface area contributed by atoms with Crippen LogP contribution in [-0.4, -0.2) is 77.8 Å². The number of carbonyl (C=O) groups is 3. The largest absolute Gasteiger partial charge is 0.416 e. The fourth-order valence-electron chi connectivity index (χ4n) is 7.54. The summed E-state index contributed by atoms with van der Waals surface area (Å²) >= 11 is 0. The van der Waals surface area contributed by atoms with E-state index in [1.54, 1.807) is 23.9 Å². The smallest absolute Gasteiger partial charge is 0.381 e. The van der Waals surface area contributed by atoms with Gasteiger partial charge in [-0.1, -0.05) is 55.1 Å². The summed E-state index contributed by atoms with van der Waals surface area (Å²) in [5.41, 5.74) is 2.24. The van der Waals surface area contributed by atoms with Crippen molar-refractivity contribution in [2.45, 2.75) is 38.0 Å². The van der Waals surface area contributed by atoms with Crippen molar-refractivity contribution in [3.63, 3.8) is 0 Å². The molecule has 3 amide bonds. The fourth-order valence-corrected chi connectivity index (χ4v) is 7.54. The summed E-state index contributed by atoms with van der Waals surface area (Å²) in [6.45, 7) is 10.0. The Balaban J connectivity index is 1.16. The third-order valence-electron chi connectivity index (χ3n) is 10.1. The van der Waals surface area contributed by atoms with Crippen molar-refractivity contribution in [1.82, 2.24) is 25.3 Å². The average Bonchev–Trinajstić information content (AvgIpc) is 3.79. The van der Waals surface area contributed by atoms with Gasteiger partial charge in [0.15, 0.2) is 0 Å². The summed E-state index contributed by atoms with van der Waals surface area (Å²) in [6, 6.07) is 19.6. The van der Waals surface area contributed by atoms with Crippen LogP contribution in [0, 0.1) is 5.41 Å². The van der Waals surface area contributed by atoms with Gasteiger partial charge in [0.05, 0.1) is 24.1 Å². The number of benzene rings is 3. The first-order valence-corrected chi connectivity index (χ1v) is 17.2. The molecule has 52 heavy (non-hydrogen) atoms. The lowest BCUT2D eigenvalue weighted by atomic mass is 9.79. The molecular weight excluding hydrogens is 673 g/mol. The van der Waals surface area contributed by atoms with Crippen LogP contribution < -0.4 is 15.5 Å². The molecule has 13 heteroatoms. The van der Waals surface area contributed by atoms with Crippen LogP contribution in [0.25, 0.3) is 5.69 Å². The van der Waals surface area contributed by atoms with Gasteiger partial charge in [-0.25, -0.2) is 4.68 Å². The molecule has 10 nitrogen and oxygen atoms in total. The van der Waals surface area contributed by atoms with Crippen molar-refractivity contribution in [2.24, 2.45) is 5.41 Å². The van der Waals surface area contributed by atoms with Crippen LogP contribution in [-0.2, 0) is 27.0 Å². The van der Waals surface area contributed by atoms with Crippen molar-refractivity contribution in [2.75, 3.05) is 44.3 Å². The number of hydrogen-bond acceptors (Lipinski definition) is 6. The van der Waals surface area contributed by atoms with Crippen molar-refractivity contribution >= 4 is 23.5 Å².